The van der Waals surface area contributed by atoms with Crippen LogP contribution in [0.2, 0.25) is 0 Å². The number of thioether (sulfide) groups is 1. The van der Waals surface area contributed by atoms with Gasteiger partial charge in [0.1, 0.15) is 6.04 Å². The van der Waals surface area contributed by atoms with Crippen LogP contribution in [0.4, 0.5) is 4.79 Å². The van der Waals surface area contributed by atoms with Crippen LogP contribution in [0.5, 0.6) is 0 Å². The molecule has 2 aliphatic rings. The summed E-state index contributed by atoms with van der Waals surface area (Å²) in [5, 5.41) is 5.88. The first-order chi connectivity index (χ1) is 7.50. The Morgan fingerprint density at radius 2 is 2.31 bits per heavy atom. The Morgan fingerprint density at radius 3 is 2.88 bits per heavy atom. The average Bonchev–Trinajstić information content (AvgIpc) is 2.63. The standard InChI is InChI=1S/C10H17N3O2S/c1-10(2)6-11-3-4-13(10)8(14)7-5-16-9(15)12-7/h7,11H,3-6H2,1-2H3,(H,12,15). The second kappa shape index (κ2) is 4.25. The molecule has 0 saturated carbocycles. The lowest BCUT2D eigenvalue weighted by Crippen LogP contribution is -2.63. The van der Waals surface area contributed by atoms with Crippen molar-refractivity contribution < 1.29 is 9.59 Å². The summed E-state index contributed by atoms with van der Waals surface area (Å²) in [6.07, 6.45) is 0. The number of carbonyl (C=O) groups excluding carboxylic acids is 2. The van der Waals surface area contributed by atoms with Crippen molar-refractivity contribution >= 4 is 22.9 Å². The number of hydrogen-bond donors (Lipinski definition) is 2. The highest BCUT2D eigenvalue weighted by Gasteiger charge is 2.39. The van der Waals surface area contributed by atoms with E-state index in [4.69, 9.17) is 0 Å². The van der Waals surface area contributed by atoms with E-state index in [0.29, 0.717) is 12.3 Å². The molecule has 6 heteroatoms. The molecule has 0 aromatic rings. The van der Waals surface area contributed by atoms with Crippen LogP contribution in [0, 0.1) is 0 Å². The highest BCUT2D eigenvalue weighted by Crippen LogP contribution is 2.21. The summed E-state index contributed by atoms with van der Waals surface area (Å²) >= 11 is 1.18. The molecule has 0 radical (unpaired) electrons. The number of nitrogens with one attached hydrogen (secondary N) is 2. The minimum Gasteiger partial charge on any atom is -0.334 e. The maximum absolute atomic E-state index is 12.2. The van der Waals surface area contributed by atoms with E-state index in [2.05, 4.69) is 10.6 Å². The van der Waals surface area contributed by atoms with Gasteiger partial charge in [0, 0.05) is 30.9 Å². The first-order valence-electron chi connectivity index (χ1n) is 5.46. The molecule has 16 heavy (non-hydrogen) atoms. The number of hydrogen-bond acceptors (Lipinski definition) is 4. The number of nitrogens with zero attached hydrogens (tertiary/aromatic N) is 1. The SMILES string of the molecule is CC1(C)CNCCN1C(=O)C1CSC(=O)N1. The van der Waals surface area contributed by atoms with E-state index < -0.39 is 0 Å². The predicted octanol–water partition coefficient (Wildman–Crippen LogP) is 0.0218. The van der Waals surface area contributed by atoms with E-state index in [1.807, 2.05) is 18.7 Å². The zero-order valence-electron chi connectivity index (χ0n) is 9.58. The molecule has 2 amide bonds. The summed E-state index contributed by atoms with van der Waals surface area (Å²) in [4.78, 5) is 25.2. The van der Waals surface area contributed by atoms with E-state index >= 15 is 0 Å². The minimum atomic E-state index is -0.338. The van der Waals surface area contributed by atoms with Crippen molar-refractivity contribution in [2.45, 2.75) is 25.4 Å². The Hall–Kier alpha value is -0.750. The molecule has 2 fully saturated rings. The third kappa shape index (κ3) is 2.17. The van der Waals surface area contributed by atoms with Crippen LogP contribution >= 0.6 is 11.8 Å². The van der Waals surface area contributed by atoms with Gasteiger partial charge in [0.05, 0.1) is 0 Å². The van der Waals surface area contributed by atoms with Gasteiger partial charge >= 0.3 is 0 Å². The van der Waals surface area contributed by atoms with Crippen LogP contribution in [0.3, 0.4) is 0 Å². The zero-order valence-corrected chi connectivity index (χ0v) is 10.4. The molecule has 1 atom stereocenters. The summed E-state index contributed by atoms with van der Waals surface area (Å²) in [6, 6.07) is -0.338. The number of carbonyl (C=O) groups is 2. The summed E-state index contributed by atoms with van der Waals surface area (Å²) < 4.78 is 0. The quantitative estimate of drug-likeness (QED) is 0.682. The van der Waals surface area contributed by atoms with Gasteiger partial charge < -0.3 is 15.5 Å². The lowest BCUT2D eigenvalue weighted by molar-refractivity contribution is -0.139. The van der Waals surface area contributed by atoms with Gasteiger partial charge in [-0.2, -0.15) is 0 Å². The molecule has 0 bridgehead atoms. The molecule has 0 aliphatic carbocycles. The van der Waals surface area contributed by atoms with Crippen molar-refractivity contribution in [2.75, 3.05) is 25.4 Å². The first kappa shape index (κ1) is 11.7. The van der Waals surface area contributed by atoms with Gasteiger partial charge in [-0.1, -0.05) is 11.8 Å². The van der Waals surface area contributed by atoms with Gasteiger partial charge in [-0.25, -0.2) is 0 Å². The van der Waals surface area contributed by atoms with Crippen LogP contribution < -0.4 is 10.6 Å². The zero-order chi connectivity index (χ0) is 11.8. The van der Waals surface area contributed by atoms with E-state index in [1.165, 1.54) is 11.8 Å². The summed E-state index contributed by atoms with van der Waals surface area (Å²) in [6.45, 7) is 6.42. The lowest BCUT2D eigenvalue weighted by Gasteiger charge is -2.43. The molecule has 2 saturated heterocycles. The highest BCUT2D eigenvalue weighted by molar-refractivity contribution is 8.14. The van der Waals surface area contributed by atoms with Crippen LogP contribution in [0.1, 0.15) is 13.8 Å². The van der Waals surface area contributed by atoms with Crippen molar-refractivity contribution in [3.63, 3.8) is 0 Å². The fourth-order valence-electron chi connectivity index (χ4n) is 2.10. The smallest absolute Gasteiger partial charge is 0.279 e. The Bertz CT molecular complexity index is 319. The van der Waals surface area contributed by atoms with Gasteiger partial charge in [0.15, 0.2) is 0 Å². The molecule has 5 nitrogen and oxygen atoms in total. The Labute approximate surface area is 99.3 Å². The summed E-state index contributed by atoms with van der Waals surface area (Å²) in [7, 11) is 0. The highest BCUT2D eigenvalue weighted by atomic mass is 32.2. The second-order valence-electron chi connectivity index (χ2n) is 4.77. The molecule has 90 valence electrons. The first-order valence-corrected chi connectivity index (χ1v) is 6.45. The van der Waals surface area contributed by atoms with Crippen molar-refractivity contribution in [1.82, 2.24) is 15.5 Å². The molecule has 2 rings (SSSR count). The Morgan fingerprint density at radius 1 is 1.56 bits per heavy atom. The minimum absolute atomic E-state index is 0.0462. The van der Waals surface area contributed by atoms with E-state index in [0.717, 1.165) is 13.1 Å². The van der Waals surface area contributed by atoms with Gasteiger partial charge in [0.25, 0.3) is 5.24 Å². The third-order valence-corrected chi connectivity index (χ3v) is 3.92. The van der Waals surface area contributed by atoms with Gasteiger partial charge in [-0.15, -0.1) is 0 Å². The van der Waals surface area contributed by atoms with Crippen LogP contribution in [-0.4, -0.2) is 53.0 Å². The molecule has 2 heterocycles. The Kier molecular flexibility index (Phi) is 3.12. The molecule has 0 aromatic heterocycles. The van der Waals surface area contributed by atoms with Crippen LogP contribution in [0.15, 0.2) is 0 Å². The number of piperazine rings is 1. The molecule has 2 aliphatic heterocycles. The predicted molar refractivity (Wildman–Crippen MR) is 63.4 cm³/mol. The maximum Gasteiger partial charge on any atom is 0.279 e. The topological polar surface area (TPSA) is 61.4 Å². The van der Waals surface area contributed by atoms with Crippen molar-refractivity contribution in [2.24, 2.45) is 0 Å². The lowest BCUT2D eigenvalue weighted by atomic mass is 9.99. The van der Waals surface area contributed by atoms with Crippen molar-refractivity contribution in [3.05, 3.63) is 0 Å². The number of rotatable bonds is 1. The normalized spacial score (nSPS) is 29.0. The third-order valence-electron chi connectivity index (χ3n) is 3.04. The van der Waals surface area contributed by atoms with E-state index in [9.17, 15) is 9.59 Å². The van der Waals surface area contributed by atoms with Crippen molar-refractivity contribution in [1.29, 1.82) is 0 Å². The molecule has 0 aromatic carbocycles. The number of amides is 2. The molecule has 0 spiro atoms. The molecule has 1 unspecified atom stereocenters. The van der Waals surface area contributed by atoms with Crippen molar-refractivity contribution in [3.8, 4) is 0 Å². The Balaban J connectivity index is 2.05. The molecular formula is C10H17N3O2S. The van der Waals surface area contributed by atoms with Gasteiger partial charge in [-0.05, 0) is 13.8 Å². The van der Waals surface area contributed by atoms with Crippen LogP contribution in [0.25, 0.3) is 0 Å². The fourth-order valence-corrected chi connectivity index (χ4v) is 2.87. The fraction of sp³-hybridized carbons (Fsp3) is 0.800. The van der Waals surface area contributed by atoms with Crippen LogP contribution in [-0.2, 0) is 4.79 Å². The van der Waals surface area contributed by atoms with E-state index in [-0.39, 0.29) is 22.7 Å². The maximum atomic E-state index is 12.2. The summed E-state index contributed by atoms with van der Waals surface area (Å²) in [5.41, 5.74) is -0.173. The monoisotopic (exact) mass is 243 g/mol. The largest absolute Gasteiger partial charge is 0.334 e. The van der Waals surface area contributed by atoms with Gasteiger partial charge in [0.2, 0.25) is 5.91 Å². The second-order valence-corrected chi connectivity index (χ2v) is 5.77. The molecular weight excluding hydrogens is 226 g/mol. The van der Waals surface area contributed by atoms with Gasteiger partial charge in [-0.3, -0.25) is 9.59 Å². The average molecular weight is 243 g/mol. The van der Waals surface area contributed by atoms with E-state index in [1.54, 1.807) is 0 Å². The summed E-state index contributed by atoms with van der Waals surface area (Å²) in [5.74, 6) is 0.599. The molecule has 2 N–H and O–H groups in total.